The molecule has 3 aromatic rings. The lowest BCUT2D eigenvalue weighted by molar-refractivity contribution is 0.302. The molecule has 0 aliphatic carbocycles. The van der Waals surface area contributed by atoms with E-state index in [0.717, 1.165) is 39.7 Å². The van der Waals surface area contributed by atoms with Crippen LogP contribution in [0.1, 0.15) is 46.6 Å². The van der Waals surface area contributed by atoms with Crippen LogP contribution in [0.15, 0.2) is 42.6 Å². The summed E-state index contributed by atoms with van der Waals surface area (Å²) in [6.45, 7) is 13.4. The molecule has 0 amide bonds. The summed E-state index contributed by atoms with van der Waals surface area (Å²) in [7, 11) is 0. The van der Waals surface area contributed by atoms with Gasteiger partial charge in [-0.05, 0) is 56.4 Å². The van der Waals surface area contributed by atoms with Crippen LogP contribution in [0.5, 0.6) is 0 Å². The van der Waals surface area contributed by atoms with E-state index in [9.17, 15) is 0 Å². The number of aryl methyl sites for hydroxylation is 1. The third-order valence-electron chi connectivity index (χ3n) is 4.39. The molecule has 0 bridgehead atoms. The van der Waals surface area contributed by atoms with Gasteiger partial charge in [0, 0.05) is 22.3 Å². The Morgan fingerprint density at radius 1 is 1.04 bits per heavy atom. The monoisotopic (exact) mass is 369 g/mol. The van der Waals surface area contributed by atoms with Crippen molar-refractivity contribution < 1.29 is 0 Å². The lowest BCUT2D eigenvalue weighted by Gasteiger charge is -2.34. The lowest BCUT2D eigenvalue weighted by atomic mass is 9.82. The molecule has 0 aliphatic rings. The van der Waals surface area contributed by atoms with Gasteiger partial charge in [0.2, 0.25) is 0 Å². The highest BCUT2D eigenvalue weighted by Gasteiger charge is 2.28. The third-order valence-corrected chi connectivity index (χ3v) is 4.64. The number of benzene rings is 1. The van der Waals surface area contributed by atoms with E-state index < -0.39 is 0 Å². The Hall–Kier alpha value is -2.00. The van der Waals surface area contributed by atoms with Gasteiger partial charge >= 0.3 is 0 Å². The van der Waals surface area contributed by atoms with Crippen molar-refractivity contribution in [1.29, 1.82) is 0 Å². The molecular formula is C22H28ClN3. The molecule has 0 saturated carbocycles. The number of pyridine rings is 1. The molecule has 0 unspecified atom stereocenters. The first-order valence-corrected chi connectivity index (χ1v) is 9.45. The van der Waals surface area contributed by atoms with Crippen molar-refractivity contribution in [3.8, 4) is 11.3 Å². The Bertz CT molecular complexity index is 915. The standard InChI is InChI=1S/C22H28ClN3/c1-15-8-7-13-26-19(15)24-18(16-9-11-17(23)12-10-16)20(26)25-22(5,6)14-21(2,3)4/h7-13,25H,14H2,1-6H3. The highest BCUT2D eigenvalue weighted by atomic mass is 35.5. The second-order valence-corrected chi connectivity index (χ2v) is 9.38. The summed E-state index contributed by atoms with van der Waals surface area (Å²) >= 11 is 6.08. The number of fused-ring (bicyclic) bond motifs is 1. The second-order valence-electron chi connectivity index (χ2n) is 8.95. The average molecular weight is 370 g/mol. The van der Waals surface area contributed by atoms with Crippen LogP contribution in [0.4, 0.5) is 5.82 Å². The molecule has 1 aromatic carbocycles. The molecule has 2 aromatic heterocycles. The highest BCUT2D eigenvalue weighted by Crippen LogP contribution is 2.35. The fraction of sp³-hybridized carbons (Fsp3) is 0.409. The number of anilines is 1. The molecule has 0 saturated heterocycles. The van der Waals surface area contributed by atoms with Crippen molar-refractivity contribution >= 4 is 23.1 Å². The molecule has 2 heterocycles. The fourth-order valence-corrected chi connectivity index (χ4v) is 3.95. The van der Waals surface area contributed by atoms with Crippen LogP contribution in [0, 0.1) is 12.3 Å². The summed E-state index contributed by atoms with van der Waals surface area (Å²) in [4.78, 5) is 4.95. The van der Waals surface area contributed by atoms with Gasteiger partial charge < -0.3 is 5.32 Å². The average Bonchev–Trinajstić information content (AvgIpc) is 2.85. The molecule has 0 aliphatic heterocycles. The van der Waals surface area contributed by atoms with E-state index in [-0.39, 0.29) is 11.0 Å². The van der Waals surface area contributed by atoms with Crippen LogP contribution < -0.4 is 5.32 Å². The normalized spacial score (nSPS) is 12.6. The van der Waals surface area contributed by atoms with E-state index in [1.807, 2.05) is 24.3 Å². The number of halogens is 1. The summed E-state index contributed by atoms with van der Waals surface area (Å²) in [6, 6.07) is 12.0. The zero-order valence-corrected chi connectivity index (χ0v) is 17.3. The summed E-state index contributed by atoms with van der Waals surface area (Å²) in [5.41, 5.74) is 4.31. The number of hydrogen-bond donors (Lipinski definition) is 1. The van der Waals surface area contributed by atoms with Gasteiger partial charge in [-0.1, -0.05) is 50.6 Å². The fourth-order valence-electron chi connectivity index (χ4n) is 3.82. The van der Waals surface area contributed by atoms with Crippen LogP contribution in [0.3, 0.4) is 0 Å². The molecule has 4 heteroatoms. The van der Waals surface area contributed by atoms with Gasteiger partial charge in [-0.25, -0.2) is 4.98 Å². The predicted octanol–water partition coefficient (Wildman–Crippen LogP) is 6.59. The quantitative estimate of drug-likeness (QED) is 0.562. The number of aromatic nitrogens is 2. The molecule has 138 valence electrons. The van der Waals surface area contributed by atoms with Gasteiger partial charge in [-0.15, -0.1) is 0 Å². The summed E-state index contributed by atoms with van der Waals surface area (Å²) in [5.74, 6) is 1.03. The largest absolute Gasteiger partial charge is 0.364 e. The molecule has 1 N–H and O–H groups in total. The number of hydrogen-bond acceptors (Lipinski definition) is 2. The minimum atomic E-state index is -0.0703. The molecule has 3 nitrogen and oxygen atoms in total. The van der Waals surface area contributed by atoms with Gasteiger partial charge in [0.1, 0.15) is 17.2 Å². The van der Waals surface area contributed by atoms with Gasteiger partial charge in [-0.3, -0.25) is 4.40 Å². The predicted molar refractivity (Wildman–Crippen MR) is 112 cm³/mol. The van der Waals surface area contributed by atoms with Gasteiger partial charge in [-0.2, -0.15) is 0 Å². The topological polar surface area (TPSA) is 29.3 Å². The Labute approximate surface area is 161 Å². The Morgan fingerprint density at radius 2 is 1.69 bits per heavy atom. The first-order chi connectivity index (χ1) is 12.1. The van der Waals surface area contributed by atoms with Crippen molar-refractivity contribution in [2.45, 2.75) is 53.5 Å². The van der Waals surface area contributed by atoms with Gasteiger partial charge in [0.25, 0.3) is 0 Å². The van der Waals surface area contributed by atoms with Crippen LogP contribution >= 0.6 is 11.6 Å². The first kappa shape index (κ1) is 18.8. The summed E-state index contributed by atoms with van der Waals surface area (Å²) in [5, 5.41) is 4.51. The molecule has 3 rings (SSSR count). The second kappa shape index (κ2) is 6.62. The van der Waals surface area contributed by atoms with E-state index in [2.05, 4.69) is 69.6 Å². The first-order valence-electron chi connectivity index (χ1n) is 9.08. The number of nitrogens with one attached hydrogen (secondary N) is 1. The molecular weight excluding hydrogens is 342 g/mol. The highest BCUT2D eigenvalue weighted by molar-refractivity contribution is 6.30. The van der Waals surface area contributed by atoms with Crippen molar-refractivity contribution in [1.82, 2.24) is 9.38 Å². The maximum atomic E-state index is 6.08. The van der Waals surface area contributed by atoms with E-state index in [4.69, 9.17) is 16.6 Å². The zero-order chi connectivity index (χ0) is 19.1. The van der Waals surface area contributed by atoms with E-state index >= 15 is 0 Å². The maximum Gasteiger partial charge on any atom is 0.142 e. The lowest BCUT2D eigenvalue weighted by Crippen LogP contribution is -2.36. The smallest absolute Gasteiger partial charge is 0.142 e. The number of nitrogens with zero attached hydrogens (tertiary/aromatic N) is 2. The van der Waals surface area contributed by atoms with E-state index in [1.54, 1.807) is 0 Å². The summed E-state index contributed by atoms with van der Waals surface area (Å²) < 4.78 is 2.16. The Kier molecular flexibility index (Phi) is 4.78. The van der Waals surface area contributed by atoms with Crippen molar-refractivity contribution in [3.63, 3.8) is 0 Å². The van der Waals surface area contributed by atoms with Crippen LogP contribution in [-0.4, -0.2) is 14.9 Å². The zero-order valence-electron chi connectivity index (χ0n) is 16.5. The van der Waals surface area contributed by atoms with Crippen molar-refractivity contribution in [2.24, 2.45) is 5.41 Å². The van der Waals surface area contributed by atoms with E-state index in [1.165, 1.54) is 0 Å². The minimum absolute atomic E-state index is 0.0703. The SMILES string of the molecule is Cc1cccn2c(NC(C)(C)CC(C)(C)C)c(-c3ccc(Cl)cc3)nc12. The molecule has 0 radical (unpaired) electrons. The van der Waals surface area contributed by atoms with Crippen LogP contribution in [0.2, 0.25) is 5.02 Å². The Balaban J connectivity index is 2.14. The summed E-state index contributed by atoms with van der Waals surface area (Å²) in [6.07, 6.45) is 3.11. The van der Waals surface area contributed by atoms with E-state index in [0.29, 0.717) is 0 Å². The number of imidazole rings is 1. The third kappa shape index (κ3) is 4.04. The number of rotatable bonds is 4. The Morgan fingerprint density at radius 3 is 2.31 bits per heavy atom. The van der Waals surface area contributed by atoms with Crippen molar-refractivity contribution in [2.75, 3.05) is 5.32 Å². The maximum absolute atomic E-state index is 6.08. The van der Waals surface area contributed by atoms with Gasteiger partial charge in [0.05, 0.1) is 0 Å². The minimum Gasteiger partial charge on any atom is -0.364 e. The molecule has 26 heavy (non-hydrogen) atoms. The van der Waals surface area contributed by atoms with Crippen molar-refractivity contribution in [3.05, 3.63) is 53.2 Å². The van der Waals surface area contributed by atoms with Crippen LogP contribution in [0.25, 0.3) is 16.9 Å². The molecule has 0 atom stereocenters. The van der Waals surface area contributed by atoms with Crippen LogP contribution in [-0.2, 0) is 0 Å². The molecule has 0 spiro atoms. The van der Waals surface area contributed by atoms with Gasteiger partial charge in [0.15, 0.2) is 0 Å². The molecule has 0 fully saturated rings.